The van der Waals surface area contributed by atoms with Crippen molar-refractivity contribution in [1.29, 1.82) is 0 Å². The van der Waals surface area contributed by atoms with Gasteiger partial charge in [-0.2, -0.15) is 0 Å². The molecule has 0 aromatic heterocycles. The van der Waals surface area contributed by atoms with Crippen LogP contribution in [0.25, 0.3) is 0 Å². The number of aliphatic hydroxyl groups excluding tert-OH is 1. The third-order valence-corrected chi connectivity index (χ3v) is 3.03. The second-order valence-electron chi connectivity index (χ2n) is 5.00. The fraction of sp³-hybridized carbons (Fsp3) is 0.600. The van der Waals surface area contributed by atoms with E-state index >= 15 is 0 Å². The van der Waals surface area contributed by atoms with Gasteiger partial charge in [0.2, 0.25) is 0 Å². The lowest BCUT2D eigenvalue weighted by Crippen LogP contribution is -2.33. The highest BCUT2D eigenvalue weighted by molar-refractivity contribution is 5.20. The molecule has 4 heteroatoms. The van der Waals surface area contributed by atoms with Crippen LogP contribution >= 0.6 is 0 Å². The van der Waals surface area contributed by atoms with Gasteiger partial charge in [0.05, 0.1) is 12.7 Å². The van der Waals surface area contributed by atoms with E-state index in [9.17, 15) is 5.11 Å². The molecule has 19 heavy (non-hydrogen) atoms. The maximum atomic E-state index is 9.67. The third kappa shape index (κ3) is 6.57. The summed E-state index contributed by atoms with van der Waals surface area (Å²) < 4.78 is 11.0. The van der Waals surface area contributed by atoms with Crippen molar-refractivity contribution in [3.63, 3.8) is 0 Å². The van der Waals surface area contributed by atoms with Crippen LogP contribution < -0.4 is 10.1 Å². The first kappa shape index (κ1) is 14.3. The molecule has 1 unspecified atom stereocenters. The average Bonchev–Trinajstić information content (AvgIpc) is 3.24. The van der Waals surface area contributed by atoms with Crippen LogP contribution in [-0.2, 0) is 4.74 Å². The van der Waals surface area contributed by atoms with Gasteiger partial charge in [-0.15, -0.1) is 0 Å². The van der Waals surface area contributed by atoms with Crippen molar-refractivity contribution in [3.05, 3.63) is 30.3 Å². The molecule has 0 amide bonds. The van der Waals surface area contributed by atoms with E-state index in [0.717, 1.165) is 18.3 Å². The average molecular weight is 265 g/mol. The summed E-state index contributed by atoms with van der Waals surface area (Å²) in [6.07, 6.45) is 2.13. The predicted molar refractivity (Wildman–Crippen MR) is 74.4 cm³/mol. The molecule has 0 saturated heterocycles. The van der Waals surface area contributed by atoms with Gasteiger partial charge < -0.3 is 19.9 Å². The van der Waals surface area contributed by atoms with Crippen LogP contribution in [-0.4, -0.2) is 44.1 Å². The second kappa shape index (κ2) is 8.15. The van der Waals surface area contributed by atoms with Gasteiger partial charge in [0.25, 0.3) is 0 Å². The maximum Gasteiger partial charge on any atom is 0.119 e. The summed E-state index contributed by atoms with van der Waals surface area (Å²) in [5, 5.41) is 12.8. The third-order valence-electron chi connectivity index (χ3n) is 3.03. The molecule has 1 atom stereocenters. The molecule has 0 heterocycles. The number of benzene rings is 1. The molecular formula is C15H23NO3. The Kier molecular flexibility index (Phi) is 6.14. The molecule has 4 nitrogen and oxygen atoms in total. The number of aliphatic hydroxyl groups is 1. The first-order chi connectivity index (χ1) is 9.34. The van der Waals surface area contributed by atoms with E-state index in [1.807, 2.05) is 30.3 Å². The lowest BCUT2D eigenvalue weighted by atomic mass is 10.3. The van der Waals surface area contributed by atoms with E-state index in [4.69, 9.17) is 9.47 Å². The minimum Gasteiger partial charge on any atom is -0.492 e. The Morgan fingerprint density at radius 1 is 1.26 bits per heavy atom. The van der Waals surface area contributed by atoms with E-state index in [1.54, 1.807) is 0 Å². The molecule has 106 valence electrons. The number of hydrogen-bond acceptors (Lipinski definition) is 4. The molecule has 0 aliphatic heterocycles. The summed E-state index contributed by atoms with van der Waals surface area (Å²) in [5.74, 6) is 1.62. The van der Waals surface area contributed by atoms with Gasteiger partial charge in [-0.25, -0.2) is 0 Å². The van der Waals surface area contributed by atoms with Gasteiger partial charge in [-0.3, -0.25) is 0 Å². The minimum absolute atomic E-state index is 0.420. The second-order valence-corrected chi connectivity index (χ2v) is 5.00. The van der Waals surface area contributed by atoms with Crippen molar-refractivity contribution in [3.8, 4) is 5.75 Å². The van der Waals surface area contributed by atoms with Gasteiger partial charge in [0.15, 0.2) is 0 Å². The van der Waals surface area contributed by atoms with Crippen LogP contribution in [0.2, 0.25) is 0 Å². The number of ether oxygens (including phenoxy) is 2. The molecule has 1 saturated carbocycles. The topological polar surface area (TPSA) is 50.7 Å². The van der Waals surface area contributed by atoms with Crippen molar-refractivity contribution >= 4 is 0 Å². The van der Waals surface area contributed by atoms with Crippen LogP contribution in [0.1, 0.15) is 12.8 Å². The quantitative estimate of drug-likeness (QED) is 0.629. The van der Waals surface area contributed by atoms with Gasteiger partial charge in [0.1, 0.15) is 12.4 Å². The molecule has 1 aliphatic rings. The smallest absolute Gasteiger partial charge is 0.119 e. The zero-order chi connectivity index (χ0) is 13.3. The molecule has 0 radical (unpaired) electrons. The van der Waals surface area contributed by atoms with Crippen LogP contribution in [0.5, 0.6) is 5.75 Å². The van der Waals surface area contributed by atoms with Gasteiger partial charge in [0, 0.05) is 19.7 Å². The summed E-state index contributed by atoms with van der Waals surface area (Å²) in [5.41, 5.74) is 0. The van der Waals surface area contributed by atoms with Crippen molar-refractivity contribution in [2.45, 2.75) is 18.9 Å². The van der Waals surface area contributed by atoms with E-state index in [-0.39, 0.29) is 0 Å². The highest BCUT2D eigenvalue weighted by Crippen LogP contribution is 2.28. The number of rotatable bonds is 10. The largest absolute Gasteiger partial charge is 0.492 e. The van der Waals surface area contributed by atoms with Crippen molar-refractivity contribution in [1.82, 2.24) is 5.32 Å². The summed E-state index contributed by atoms with van der Waals surface area (Å²) in [6, 6.07) is 9.72. The SMILES string of the molecule is OC(CNCCOc1ccccc1)COCC1CC1. The van der Waals surface area contributed by atoms with E-state index in [2.05, 4.69) is 5.32 Å². The van der Waals surface area contributed by atoms with Crippen molar-refractivity contribution < 1.29 is 14.6 Å². The molecular weight excluding hydrogens is 242 g/mol. The lowest BCUT2D eigenvalue weighted by Gasteiger charge is -2.12. The van der Waals surface area contributed by atoms with Gasteiger partial charge in [-0.05, 0) is 30.9 Å². The van der Waals surface area contributed by atoms with Crippen LogP contribution in [0.4, 0.5) is 0 Å². The molecule has 1 aliphatic carbocycles. The van der Waals surface area contributed by atoms with Crippen LogP contribution in [0, 0.1) is 5.92 Å². The Hall–Kier alpha value is -1.10. The van der Waals surface area contributed by atoms with Crippen LogP contribution in [0.15, 0.2) is 30.3 Å². The maximum absolute atomic E-state index is 9.67. The Morgan fingerprint density at radius 3 is 2.79 bits per heavy atom. The first-order valence-electron chi connectivity index (χ1n) is 6.99. The van der Waals surface area contributed by atoms with E-state index < -0.39 is 6.10 Å². The van der Waals surface area contributed by atoms with Gasteiger partial charge in [-0.1, -0.05) is 18.2 Å². The fourth-order valence-corrected chi connectivity index (χ4v) is 1.74. The van der Waals surface area contributed by atoms with E-state index in [0.29, 0.717) is 26.3 Å². The Morgan fingerprint density at radius 2 is 2.05 bits per heavy atom. The zero-order valence-electron chi connectivity index (χ0n) is 11.3. The molecule has 0 bridgehead atoms. The standard InChI is InChI=1S/C15H23NO3/c17-14(12-18-11-13-6-7-13)10-16-8-9-19-15-4-2-1-3-5-15/h1-5,13-14,16-17H,6-12H2. The van der Waals surface area contributed by atoms with E-state index in [1.165, 1.54) is 12.8 Å². The number of para-hydroxylation sites is 1. The Labute approximate surface area is 114 Å². The molecule has 1 aromatic rings. The molecule has 2 N–H and O–H groups in total. The Balaban J connectivity index is 1.42. The van der Waals surface area contributed by atoms with Crippen molar-refractivity contribution in [2.24, 2.45) is 5.92 Å². The fourth-order valence-electron chi connectivity index (χ4n) is 1.74. The monoisotopic (exact) mass is 265 g/mol. The number of hydrogen-bond donors (Lipinski definition) is 2. The Bertz CT molecular complexity index is 341. The number of nitrogens with one attached hydrogen (secondary N) is 1. The van der Waals surface area contributed by atoms with Crippen molar-refractivity contribution in [2.75, 3.05) is 32.9 Å². The lowest BCUT2D eigenvalue weighted by molar-refractivity contribution is 0.0323. The normalized spacial score (nSPS) is 16.3. The molecule has 0 spiro atoms. The molecule has 2 rings (SSSR count). The summed E-state index contributed by atoms with van der Waals surface area (Å²) >= 11 is 0. The highest BCUT2D eigenvalue weighted by atomic mass is 16.5. The highest BCUT2D eigenvalue weighted by Gasteiger charge is 2.21. The summed E-state index contributed by atoms with van der Waals surface area (Å²) in [4.78, 5) is 0. The minimum atomic E-state index is -0.435. The summed E-state index contributed by atoms with van der Waals surface area (Å²) in [6.45, 7) is 3.08. The van der Waals surface area contributed by atoms with Crippen LogP contribution in [0.3, 0.4) is 0 Å². The predicted octanol–water partition coefficient (Wildman–Crippen LogP) is 1.44. The molecule has 1 aromatic carbocycles. The zero-order valence-corrected chi connectivity index (χ0v) is 11.3. The summed E-state index contributed by atoms with van der Waals surface area (Å²) in [7, 11) is 0. The van der Waals surface area contributed by atoms with Gasteiger partial charge >= 0.3 is 0 Å². The molecule has 1 fully saturated rings. The first-order valence-corrected chi connectivity index (χ1v) is 6.99.